The van der Waals surface area contributed by atoms with E-state index in [1.807, 2.05) is 18.2 Å². The zero-order valence-electron chi connectivity index (χ0n) is 8.22. The van der Waals surface area contributed by atoms with Crippen molar-refractivity contribution in [2.45, 2.75) is 5.22 Å². The molecule has 0 spiro atoms. The van der Waals surface area contributed by atoms with Crippen LogP contribution in [0.5, 0.6) is 0 Å². The maximum absolute atomic E-state index is 5.11. The third-order valence-corrected chi connectivity index (χ3v) is 2.70. The van der Waals surface area contributed by atoms with E-state index in [4.69, 9.17) is 4.42 Å². The molecule has 0 radical (unpaired) electrons. The second-order valence-corrected chi connectivity index (χ2v) is 3.99. The number of nitrogens with zero attached hydrogens (tertiary/aromatic N) is 1. The SMILES string of the molecule is c1ccc(NCCSc2ncco2)cc1. The van der Waals surface area contributed by atoms with Crippen molar-refractivity contribution in [3.05, 3.63) is 42.8 Å². The Hall–Kier alpha value is -1.42. The third kappa shape index (κ3) is 3.32. The van der Waals surface area contributed by atoms with Crippen LogP contribution in [0, 0.1) is 0 Å². The standard InChI is InChI=1S/C11H12N2OS/c1-2-4-10(5-3-1)12-7-9-15-11-13-6-8-14-11/h1-6,8,12H,7,9H2. The summed E-state index contributed by atoms with van der Waals surface area (Å²) in [5.74, 6) is 0.940. The van der Waals surface area contributed by atoms with Crippen LogP contribution in [-0.4, -0.2) is 17.3 Å². The first-order valence-electron chi connectivity index (χ1n) is 4.76. The van der Waals surface area contributed by atoms with Crippen LogP contribution in [0.4, 0.5) is 5.69 Å². The van der Waals surface area contributed by atoms with Crippen LogP contribution >= 0.6 is 11.8 Å². The number of hydrogen-bond donors (Lipinski definition) is 1. The van der Waals surface area contributed by atoms with E-state index in [0.29, 0.717) is 0 Å². The Morgan fingerprint density at radius 1 is 1.27 bits per heavy atom. The first-order chi connectivity index (χ1) is 7.45. The van der Waals surface area contributed by atoms with Crippen LogP contribution in [0.3, 0.4) is 0 Å². The Morgan fingerprint density at radius 2 is 2.13 bits per heavy atom. The smallest absolute Gasteiger partial charge is 0.255 e. The number of anilines is 1. The van der Waals surface area contributed by atoms with Gasteiger partial charge in [0.1, 0.15) is 6.26 Å². The van der Waals surface area contributed by atoms with Crippen molar-refractivity contribution in [3.8, 4) is 0 Å². The molecule has 1 N–H and O–H groups in total. The molecule has 0 aliphatic heterocycles. The summed E-state index contributed by atoms with van der Waals surface area (Å²) in [5, 5.41) is 4.04. The number of hydrogen-bond acceptors (Lipinski definition) is 4. The van der Waals surface area contributed by atoms with E-state index in [-0.39, 0.29) is 0 Å². The lowest BCUT2D eigenvalue weighted by atomic mass is 10.3. The molecule has 2 aromatic rings. The zero-order chi connectivity index (χ0) is 10.3. The van der Waals surface area contributed by atoms with E-state index in [1.54, 1.807) is 24.2 Å². The van der Waals surface area contributed by atoms with Crippen LogP contribution in [0.2, 0.25) is 0 Å². The van der Waals surface area contributed by atoms with Crippen LogP contribution in [0.25, 0.3) is 0 Å². The second kappa shape index (κ2) is 5.46. The Kier molecular flexibility index (Phi) is 3.68. The molecule has 15 heavy (non-hydrogen) atoms. The van der Waals surface area contributed by atoms with Gasteiger partial charge in [0.2, 0.25) is 0 Å². The molecule has 0 unspecified atom stereocenters. The quantitative estimate of drug-likeness (QED) is 0.621. The number of oxazole rings is 1. The van der Waals surface area contributed by atoms with Gasteiger partial charge in [0.15, 0.2) is 0 Å². The number of thioether (sulfide) groups is 1. The molecule has 0 saturated heterocycles. The molecule has 0 amide bonds. The summed E-state index contributed by atoms with van der Waals surface area (Å²) in [6.07, 6.45) is 3.25. The average Bonchev–Trinajstić information content (AvgIpc) is 2.79. The summed E-state index contributed by atoms with van der Waals surface area (Å²) in [6, 6.07) is 10.1. The Labute approximate surface area is 92.9 Å². The van der Waals surface area contributed by atoms with Crippen LogP contribution in [0.1, 0.15) is 0 Å². The Balaban J connectivity index is 1.68. The molecular formula is C11H12N2OS. The number of para-hydroxylation sites is 1. The number of benzene rings is 1. The van der Waals surface area contributed by atoms with Crippen molar-refractivity contribution in [3.63, 3.8) is 0 Å². The molecule has 0 fully saturated rings. The van der Waals surface area contributed by atoms with Gasteiger partial charge in [0.25, 0.3) is 5.22 Å². The summed E-state index contributed by atoms with van der Waals surface area (Å²) >= 11 is 1.61. The molecular weight excluding hydrogens is 208 g/mol. The van der Waals surface area contributed by atoms with Crippen molar-refractivity contribution >= 4 is 17.4 Å². The maximum Gasteiger partial charge on any atom is 0.255 e. The van der Waals surface area contributed by atoms with Gasteiger partial charge in [-0.05, 0) is 12.1 Å². The van der Waals surface area contributed by atoms with E-state index in [9.17, 15) is 0 Å². The van der Waals surface area contributed by atoms with E-state index < -0.39 is 0 Å². The normalized spacial score (nSPS) is 10.1. The summed E-state index contributed by atoms with van der Waals surface area (Å²) in [7, 11) is 0. The zero-order valence-corrected chi connectivity index (χ0v) is 9.04. The highest BCUT2D eigenvalue weighted by atomic mass is 32.2. The van der Waals surface area contributed by atoms with Crippen molar-refractivity contribution < 1.29 is 4.42 Å². The fraction of sp³-hybridized carbons (Fsp3) is 0.182. The van der Waals surface area contributed by atoms with Gasteiger partial charge in [-0.15, -0.1) is 0 Å². The summed E-state index contributed by atoms with van der Waals surface area (Å²) in [6.45, 7) is 0.900. The van der Waals surface area contributed by atoms with E-state index in [0.717, 1.165) is 23.2 Å². The predicted octanol–water partition coefficient (Wildman–Crippen LogP) is 2.88. The summed E-state index contributed by atoms with van der Waals surface area (Å²) < 4.78 is 5.11. The fourth-order valence-corrected chi connectivity index (χ4v) is 1.81. The highest BCUT2D eigenvalue weighted by Gasteiger charge is 1.97. The van der Waals surface area contributed by atoms with Gasteiger partial charge in [-0.3, -0.25) is 0 Å². The molecule has 3 nitrogen and oxygen atoms in total. The van der Waals surface area contributed by atoms with E-state index >= 15 is 0 Å². The highest BCUT2D eigenvalue weighted by molar-refractivity contribution is 7.99. The van der Waals surface area contributed by atoms with Gasteiger partial charge >= 0.3 is 0 Å². The Morgan fingerprint density at radius 3 is 2.87 bits per heavy atom. The van der Waals surface area contributed by atoms with E-state index in [1.165, 1.54) is 0 Å². The minimum Gasteiger partial charge on any atom is -0.440 e. The number of nitrogens with one attached hydrogen (secondary N) is 1. The van der Waals surface area contributed by atoms with Crippen LogP contribution in [-0.2, 0) is 0 Å². The molecule has 1 aromatic heterocycles. The first-order valence-corrected chi connectivity index (χ1v) is 5.75. The number of aromatic nitrogens is 1. The minimum absolute atomic E-state index is 0.727. The number of rotatable bonds is 5. The molecule has 0 aliphatic carbocycles. The molecule has 0 bridgehead atoms. The topological polar surface area (TPSA) is 38.1 Å². The lowest BCUT2D eigenvalue weighted by Crippen LogP contribution is -2.03. The molecule has 2 rings (SSSR count). The van der Waals surface area contributed by atoms with Crippen molar-refractivity contribution in [2.75, 3.05) is 17.6 Å². The monoisotopic (exact) mass is 220 g/mol. The van der Waals surface area contributed by atoms with Gasteiger partial charge in [-0.25, -0.2) is 4.98 Å². The van der Waals surface area contributed by atoms with E-state index in [2.05, 4.69) is 22.4 Å². The summed E-state index contributed by atoms with van der Waals surface area (Å²) in [4.78, 5) is 4.03. The first kappa shape index (κ1) is 10.1. The average molecular weight is 220 g/mol. The van der Waals surface area contributed by atoms with Gasteiger partial charge in [-0.1, -0.05) is 30.0 Å². The largest absolute Gasteiger partial charge is 0.440 e. The molecule has 0 atom stereocenters. The minimum atomic E-state index is 0.727. The lowest BCUT2D eigenvalue weighted by molar-refractivity contribution is 0.454. The Bertz CT molecular complexity index is 375. The van der Waals surface area contributed by atoms with Gasteiger partial charge in [0.05, 0.1) is 6.20 Å². The van der Waals surface area contributed by atoms with Crippen molar-refractivity contribution in [2.24, 2.45) is 0 Å². The lowest BCUT2D eigenvalue weighted by Gasteiger charge is -2.03. The van der Waals surface area contributed by atoms with Gasteiger partial charge in [-0.2, -0.15) is 0 Å². The second-order valence-electron chi connectivity index (χ2n) is 2.94. The van der Waals surface area contributed by atoms with Crippen LogP contribution in [0.15, 0.2) is 52.4 Å². The van der Waals surface area contributed by atoms with Crippen molar-refractivity contribution in [1.82, 2.24) is 4.98 Å². The maximum atomic E-state index is 5.11. The van der Waals surface area contributed by atoms with Gasteiger partial charge in [0, 0.05) is 18.0 Å². The molecule has 0 saturated carbocycles. The molecule has 1 heterocycles. The third-order valence-electron chi connectivity index (χ3n) is 1.84. The fourth-order valence-electron chi connectivity index (χ4n) is 1.17. The molecule has 1 aromatic carbocycles. The highest BCUT2D eigenvalue weighted by Crippen LogP contribution is 2.14. The summed E-state index contributed by atoms with van der Waals surface area (Å²) in [5.41, 5.74) is 1.14. The molecule has 78 valence electrons. The molecule has 0 aliphatic rings. The van der Waals surface area contributed by atoms with Gasteiger partial charge < -0.3 is 9.73 Å². The van der Waals surface area contributed by atoms with Crippen LogP contribution < -0.4 is 5.32 Å². The predicted molar refractivity (Wildman–Crippen MR) is 62.2 cm³/mol. The molecule has 4 heteroatoms. The van der Waals surface area contributed by atoms with Crippen molar-refractivity contribution in [1.29, 1.82) is 0 Å².